The van der Waals surface area contributed by atoms with Gasteiger partial charge in [-0.05, 0) is 52.4 Å². The summed E-state index contributed by atoms with van der Waals surface area (Å²) in [6.07, 6.45) is 13.4. The van der Waals surface area contributed by atoms with E-state index in [2.05, 4.69) is 34.4 Å². The van der Waals surface area contributed by atoms with Crippen LogP contribution in [0.15, 0.2) is 4.99 Å². The third kappa shape index (κ3) is 12.7. The van der Waals surface area contributed by atoms with E-state index in [1.54, 1.807) is 0 Å². The number of guanidine groups is 1. The highest BCUT2D eigenvalue weighted by molar-refractivity contribution is 14.0. The molecule has 0 unspecified atom stereocenters. The van der Waals surface area contributed by atoms with Gasteiger partial charge in [-0.2, -0.15) is 0 Å². The number of aliphatic imine (C=N–C) groups is 1. The first-order valence-corrected chi connectivity index (χ1v) is 12.1. The minimum absolute atomic E-state index is 0. The van der Waals surface area contributed by atoms with E-state index in [1.165, 1.54) is 38.5 Å². The van der Waals surface area contributed by atoms with Gasteiger partial charge in [-0.3, -0.25) is 4.99 Å². The molecule has 0 aromatic heterocycles. The maximum absolute atomic E-state index is 6.08. The number of hydrogen-bond acceptors (Lipinski definition) is 4. The van der Waals surface area contributed by atoms with Crippen LogP contribution in [-0.2, 0) is 9.47 Å². The molecule has 0 bridgehead atoms. The Hall–Kier alpha value is -0.120. The number of unbranched alkanes of at least 4 members (excludes halogenated alkanes) is 1. The van der Waals surface area contributed by atoms with Gasteiger partial charge >= 0.3 is 0 Å². The minimum Gasteiger partial charge on any atom is -0.378 e. The van der Waals surface area contributed by atoms with Gasteiger partial charge in [0.25, 0.3) is 0 Å². The first-order valence-electron chi connectivity index (χ1n) is 12.1. The molecule has 1 saturated carbocycles. The standard InChI is InChI=1S/C23H46N4O2.HI/c1-20(2)28-19-17-27-15-12-21(13-16-27)26-23(24-3)25-14-8-9-18-29-22-10-6-4-5-7-11-22;/h20-22H,4-19H2,1-3H3,(H2,24,25,26);1H. The predicted octanol–water partition coefficient (Wildman–Crippen LogP) is 4.18. The van der Waals surface area contributed by atoms with E-state index >= 15 is 0 Å². The maximum atomic E-state index is 6.08. The molecule has 0 spiro atoms. The molecular formula is C23H47IN4O2. The zero-order valence-electron chi connectivity index (χ0n) is 19.7. The normalized spacial score (nSPS) is 20.1. The molecule has 2 rings (SSSR count). The van der Waals surface area contributed by atoms with Crippen LogP contribution in [0.25, 0.3) is 0 Å². The lowest BCUT2D eigenvalue weighted by Crippen LogP contribution is -2.49. The van der Waals surface area contributed by atoms with Crippen molar-refractivity contribution in [2.75, 3.05) is 46.4 Å². The number of likely N-dealkylation sites (tertiary alicyclic amines) is 1. The molecule has 1 saturated heterocycles. The Kier molecular flexibility index (Phi) is 16.2. The van der Waals surface area contributed by atoms with Crippen molar-refractivity contribution in [1.82, 2.24) is 15.5 Å². The number of nitrogens with zero attached hydrogens (tertiary/aromatic N) is 2. The van der Waals surface area contributed by atoms with Gasteiger partial charge in [0.1, 0.15) is 0 Å². The quantitative estimate of drug-likeness (QED) is 0.136. The molecule has 178 valence electrons. The molecule has 1 aliphatic heterocycles. The molecule has 0 radical (unpaired) electrons. The van der Waals surface area contributed by atoms with Crippen molar-refractivity contribution in [3.8, 4) is 0 Å². The molecule has 2 N–H and O–H groups in total. The van der Waals surface area contributed by atoms with Crippen molar-refractivity contribution in [2.24, 2.45) is 4.99 Å². The summed E-state index contributed by atoms with van der Waals surface area (Å²) in [6.45, 7) is 10.2. The average molecular weight is 539 g/mol. The van der Waals surface area contributed by atoms with Crippen molar-refractivity contribution in [3.05, 3.63) is 0 Å². The summed E-state index contributed by atoms with van der Waals surface area (Å²) in [5, 5.41) is 7.07. The molecule has 7 heteroatoms. The van der Waals surface area contributed by atoms with Crippen LogP contribution >= 0.6 is 24.0 Å². The van der Waals surface area contributed by atoms with Gasteiger partial charge < -0.3 is 25.0 Å². The Labute approximate surface area is 202 Å². The van der Waals surface area contributed by atoms with Crippen LogP contribution in [0.4, 0.5) is 0 Å². The van der Waals surface area contributed by atoms with E-state index in [0.29, 0.717) is 18.2 Å². The molecule has 30 heavy (non-hydrogen) atoms. The topological polar surface area (TPSA) is 58.1 Å². The number of ether oxygens (including phenoxy) is 2. The SMILES string of the molecule is CN=C(NCCCCOC1CCCCCC1)NC1CCN(CCOC(C)C)CC1.I. The minimum atomic E-state index is 0. The Morgan fingerprint density at radius 1 is 1.00 bits per heavy atom. The van der Waals surface area contributed by atoms with Crippen LogP contribution in [0.2, 0.25) is 0 Å². The number of nitrogens with one attached hydrogen (secondary N) is 2. The fraction of sp³-hybridized carbons (Fsp3) is 0.957. The summed E-state index contributed by atoms with van der Waals surface area (Å²) < 4.78 is 11.8. The maximum Gasteiger partial charge on any atom is 0.191 e. The Bertz CT molecular complexity index is 435. The van der Waals surface area contributed by atoms with Gasteiger partial charge in [0.2, 0.25) is 0 Å². The third-order valence-electron chi connectivity index (χ3n) is 6.03. The van der Waals surface area contributed by atoms with E-state index in [1.807, 2.05) is 7.05 Å². The van der Waals surface area contributed by atoms with Crippen LogP contribution in [-0.4, -0.2) is 75.5 Å². The third-order valence-corrected chi connectivity index (χ3v) is 6.03. The molecular weight excluding hydrogens is 491 g/mol. The number of hydrogen-bond donors (Lipinski definition) is 2. The molecule has 0 atom stereocenters. The molecule has 0 amide bonds. The lowest BCUT2D eigenvalue weighted by Gasteiger charge is -2.33. The van der Waals surface area contributed by atoms with Crippen molar-refractivity contribution >= 4 is 29.9 Å². The highest BCUT2D eigenvalue weighted by Gasteiger charge is 2.19. The fourth-order valence-corrected chi connectivity index (χ4v) is 4.20. The van der Waals surface area contributed by atoms with Crippen molar-refractivity contribution < 1.29 is 9.47 Å². The summed E-state index contributed by atoms with van der Waals surface area (Å²) in [7, 11) is 1.86. The summed E-state index contributed by atoms with van der Waals surface area (Å²) in [5.41, 5.74) is 0. The highest BCUT2D eigenvalue weighted by Crippen LogP contribution is 2.19. The molecule has 0 aromatic carbocycles. The zero-order chi connectivity index (χ0) is 20.7. The Morgan fingerprint density at radius 3 is 2.33 bits per heavy atom. The van der Waals surface area contributed by atoms with E-state index in [9.17, 15) is 0 Å². The highest BCUT2D eigenvalue weighted by atomic mass is 127. The van der Waals surface area contributed by atoms with Gasteiger partial charge in [0.15, 0.2) is 5.96 Å². The monoisotopic (exact) mass is 538 g/mol. The smallest absolute Gasteiger partial charge is 0.191 e. The van der Waals surface area contributed by atoms with Crippen molar-refractivity contribution in [3.63, 3.8) is 0 Å². The van der Waals surface area contributed by atoms with E-state index < -0.39 is 0 Å². The molecule has 1 aliphatic carbocycles. The second-order valence-corrected chi connectivity index (χ2v) is 8.87. The first kappa shape index (κ1) is 27.9. The van der Waals surface area contributed by atoms with Crippen LogP contribution in [0.5, 0.6) is 0 Å². The predicted molar refractivity (Wildman–Crippen MR) is 137 cm³/mol. The lowest BCUT2D eigenvalue weighted by atomic mass is 10.1. The molecule has 0 aromatic rings. The second-order valence-electron chi connectivity index (χ2n) is 8.87. The molecule has 6 nitrogen and oxygen atoms in total. The Morgan fingerprint density at radius 2 is 1.70 bits per heavy atom. The Balaban J connectivity index is 0.00000450. The number of halogens is 1. The van der Waals surface area contributed by atoms with Gasteiger partial charge in [-0.25, -0.2) is 0 Å². The van der Waals surface area contributed by atoms with Gasteiger partial charge in [0, 0.05) is 45.9 Å². The van der Waals surface area contributed by atoms with Crippen LogP contribution in [0.1, 0.15) is 78.1 Å². The van der Waals surface area contributed by atoms with Crippen LogP contribution in [0.3, 0.4) is 0 Å². The summed E-state index contributed by atoms with van der Waals surface area (Å²) in [4.78, 5) is 6.91. The zero-order valence-corrected chi connectivity index (χ0v) is 22.0. The molecule has 1 heterocycles. The summed E-state index contributed by atoms with van der Waals surface area (Å²) >= 11 is 0. The number of piperidine rings is 1. The van der Waals surface area contributed by atoms with Crippen molar-refractivity contribution in [2.45, 2.75) is 96.3 Å². The first-order chi connectivity index (χ1) is 14.2. The lowest BCUT2D eigenvalue weighted by molar-refractivity contribution is 0.0411. The van der Waals surface area contributed by atoms with E-state index in [0.717, 1.165) is 71.0 Å². The largest absolute Gasteiger partial charge is 0.378 e. The molecule has 2 fully saturated rings. The fourth-order valence-electron chi connectivity index (χ4n) is 4.20. The van der Waals surface area contributed by atoms with Gasteiger partial charge in [-0.1, -0.05) is 25.7 Å². The van der Waals surface area contributed by atoms with Gasteiger partial charge in [-0.15, -0.1) is 24.0 Å². The average Bonchev–Trinajstić information content (AvgIpc) is 2.99. The van der Waals surface area contributed by atoms with Crippen LogP contribution < -0.4 is 10.6 Å². The summed E-state index contributed by atoms with van der Waals surface area (Å²) in [6, 6.07) is 0.516. The number of rotatable bonds is 11. The van der Waals surface area contributed by atoms with Gasteiger partial charge in [0.05, 0.1) is 18.8 Å². The molecule has 2 aliphatic rings. The van der Waals surface area contributed by atoms with E-state index in [4.69, 9.17) is 9.47 Å². The van der Waals surface area contributed by atoms with E-state index in [-0.39, 0.29) is 24.0 Å². The van der Waals surface area contributed by atoms with Crippen LogP contribution in [0, 0.1) is 0 Å². The summed E-state index contributed by atoms with van der Waals surface area (Å²) in [5.74, 6) is 0.941. The second kappa shape index (κ2) is 17.4. The van der Waals surface area contributed by atoms with Crippen molar-refractivity contribution in [1.29, 1.82) is 0 Å².